The molecule has 0 saturated carbocycles. The Balaban J connectivity index is 4.04. The maximum absolute atomic E-state index is 12.3. The van der Waals surface area contributed by atoms with E-state index in [1.165, 1.54) is 0 Å². The van der Waals surface area contributed by atoms with Crippen molar-refractivity contribution in [2.75, 3.05) is 19.8 Å². The molecule has 58 heavy (non-hydrogen) atoms. The fraction of sp³-hybridized carbons (Fsp3) is 0.543. The molecule has 326 valence electrons. The van der Waals surface area contributed by atoms with Gasteiger partial charge in [-0.3, -0.25) is 18.6 Å². The monoisotopic (exact) mass is 829 g/mol. The van der Waals surface area contributed by atoms with Crippen LogP contribution in [0.2, 0.25) is 0 Å². The number of rotatable bonds is 37. The van der Waals surface area contributed by atoms with E-state index in [9.17, 15) is 34.1 Å². The van der Waals surface area contributed by atoms with Gasteiger partial charge < -0.3 is 25.2 Å². The van der Waals surface area contributed by atoms with Crippen molar-refractivity contribution >= 4 is 25.7 Å². The second-order valence-corrected chi connectivity index (χ2v) is 14.9. The number of hydrogen-bond acceptors (Lipinski definition) is 8. The first-order chi connectivity index (χ1) is 28.1. The quantitative estimate of drug-likeness (QED) is 0.0205. The van der Waals surface area contributed by atoms with E-state index in [4.69, 9.17) is 13.8 Å². The summed E-state index contributed by atoms with van der Waals surface area (Å²) in [5, 5.41) is 21.8. The average Bonchev–Trinajstić information content (AvgIpc) is 3.20. The zero-order valence-corrected chi connectivity index (χ0v) is 35.9. The zero-order valence-electron chi connectivity index (χ0n) is 35.0. The number of unbranched alkanes of at least 4 members (excludes halogenated alkanes) is 5. The van der Waals surface area contributed by atoms with Gasteiger partial charge in [0.2, 0.25) is 5.91 Å². The van der Waals surface area contributed by atoms with E-state index in [2.05, 4.69) is 129 Å². The Morgan fingerprint density at radius 1 is 0.552 bits per heavy atom. The summed E-state index contributed by atoms with van der Waals surface area (Å²) in [4.78, 5) is 45.8. The van der Waals surface area contributed by atoms with Crippen molar-refractivity contribution in [3.63, 3.8) is 0 Å². The SMILES string of the molecule is CC/C=C\C/C=C\C/C=C\C/C=C\C/C=C\C/C=C\CCCCC(=O)OCC(O)COP(=O)(O)OCC(NC(=O)CCCCC/C=C\C/C=C\C/C=C\CC)C(=O)O. The number of carboxylic acids is 1. The van der Waals surface area contributed by atoms with Crippen LogP contribution < -0.4 is 5.32 Å². The predicted octanol–water partition coefficient (Wildman–Crippen LogP) is 10.7. The first kappa shape index (κ1) is 54.1. The Morgan fingerprint density at radius 3 is 1.40 bits per heavy atom. The molecular weight excluding hydrogens is 757 g/mol. The lowest BCUT2D eigenvalue weighted by Crippen LogP contribution is -2.43. The van der Waals surface area contributed by atoms with Gasteiger partial charge in [0.15, 0.2) is 6.04 Å². The topological polar surface area (TPSA) is 169 Å². The lowest BCUT2D eigenvalue weighted by molar-refractivity contribution is -0.147. The summed E-state index contributed by atoms with van der Waals surface area (Å²) in [6.45, 7) is 2.26. The van der Waals surface area contributed by atoms with Gasteiger partial charge in [0.25, 0.3) is 0 Å². The molecule has 12 heteroatoms. The van der Waals surface area contributed by atoms with Crippen molar-refractivity contribution < 1.29 is 47.8 Å². The van der Waals surface area contributed by atoms with E-state index in [0.29, 0.717) is 12.8 Å². The average molecular weight is 830 g/mol. The van der Waals surface area contributed by atoms with Crippen LogP contribution >= 0.6 is 7.82 Å². The van der Waals surface area contributed by atoms with E-state index in [1.54, 1.807) is 0 Å². The van der Waals surface area contributed by atoms with E-state index >= 15 is 0 Å². The largest absolute Gasteiger partial charge is 0.480 e. The summed E-state index contributed by atoms with van der Waals surface area (Å²) in [7, 11) is -4.78. The van der Waals surface area contributed by atoms with Crippen molar-refractivity contribution in [2.24, 2.45) is 0 Å². The third kappa shape index (κ3) is 39.0. The minimum Gasteiger partial charge on any atom is -0.480 e. The highest BCUT2D eigenvalue weighted by molar-refractivity contribution is 7.47. The number of ether oxygens (including phenoxy) is 1. The Morgan fingerprint density at radius 2 is 0.948 bits per heavy atom. The van der Waals surface area contributed by atoms with Crippen molar-refractivity contribution in [2.45, 2.75) is 142 Å². The fourth-order valence-corrected chi connectivity index (χ4v) is 5.63. The van der Waals surface area contributed by atoms with Crippen LogP contribution in [0.15, 0.2) is 109 Å². The number of carboxylic acid groups (broad SMARTS) is 1. The molecule has 11 nitrogen and oxygen atoms in total. The molecule has 0 saturated heterocycles. The molecule has 0 fully saturated rings. The van der Waals surface area contributed by atoms with Crippen molar-refractivity contribution in [3.05, 3.63) is 109 Å². The van der Waals surface area contributed by atoms with Crippen LogP contribution in [0.3, 0.4) is 0 Å². The number of amides is 1. The maximum atomic E-state index is 12.3. The van der Waals surface area contributed by atoms with Crippen LogP contribution in [0.25, 0.3) is 0 Å². The molecule has 3 atom stereocenters. The summed E-state index contributed by atoms with van der Waals surface area (Å²) in [6, 6.07) is -1.57. The number of carbonyl (C=O) groups excluding carboxylic acids is 2. The minimum atomic E-state index is -4.78. The molecule has 0 aromatic carbocycles. The number of esters is 1. The molecule has 0 aliphatic carbocycles. The number of hydrogen-bond donors (Lipinski definition) is 4. The van der Waals surface area contributed by atoms with Gasteiger partial charge in [-0.1, -0.05) is 130 Å². The summed E-state index contributed by atoms with van der Waals surface area (Å²) in [6.07, 6.45) is 51.3. The highest BCUT2D eigenvalue weighted by atomic mass is 31.2. The number of phosphoric ester groups is 1. The van der Waals surface area contributed by atoms with Crippen LogP contribution in [-0.4, -0.2) is 64.9 Å². The van der Waals surface area contributed by atoms with Gasteiger partial charge in [-0.05, 0) is 96.3 Å². The van der Waals surface area contributed by atoms with E-state index < -0.39 is 57.6 Å². The second kappa shape index (κ2) is 39.9. The Hall–Kier alpha value is -3.86. The van der Waals surface area contributed by atoms with E-state index in [-0.39, 0.29) is 12.8 Å². The molecule has 0 heterocycles. The number of aliphatic hydroxyl groups is 1. The minimum absolute atomic E-state index is 0.100. The Bertz CT molecular complexity index is 1390. The summed E-state index contributed by atoms with van der Waals surface area (Å²) in [5.74, 6) is -2.48. The lowest BCUT2D eigenvalue weighted by Gasteiger charge is -2.18. The van der Waals surface area contributed by atoms with Gasteiger partial charge in [0, 0.05) is 12.8 Å². The molecule has 0 bridgehead atoms. The highest BCUT2D eigenvalue weighted by Crippen LogP contribution is 2.43. The van der Waals surface area contributed by atoms with Gasteiger partial charge in [-0.15, -0.1) is 0 Å². The van der Waals surface area contributed by atoms with Crippen LogP contribution in [-0.2, 0) is 32.7 Å². The molecule has 1 amide bonds. The molecule has 0 aromatic heterocycles. The predicted molar refractivity (Wildman–Crippen MR) is 235 cm³/mol. The van der Waals surface area contributed by atoms with Gasteiger partial charge in [-0.25, -0.2) is 9.36 Å². The standard InChI is InChI=1S/C46H72NO10P/c1-3-5-7-9-11-13-15-17-18-19-20-21-22-23-24-26-28-30-32-34-36-38-45(50)55-39-42(48)40-56-58(53,54)57-41-43(46(51)52)47-44(49)37-35-33-31-29-27-25-16-14-12-10-8-6-4-2/h5-8,11-14,17-18,20-21,23-25,27-28,30,42-43,48H,3-4,9-10,15-16,19,22,26,29,31-41H2,1-2H3,(H,47,49)(H,51,52)(H,53,54)/b7-5-,8-6-,13-11-,14-12-,18-17-,21-20-,24-23-,27-25-,30-28-. The molecule has 0 radical (unpaired) electrons. The van der Waals surface area contributed by atoms with Gasteiger partial charge >= 0.3 is 19.8 Å². The van der Waals surface area contributed by atoms with E-state index in [0.717, 1.165) is 89.9 Å². The van der Waals surface area contributed by atoms with Crippen LogP contribution in [0.1, 0.15) is 129 Å². The first-order valence-corrected chi connectivity index (χ1v) is 22.4. The third-order valence-corrected chi connectivity index (χ3v) is 9.01. The number of nitrogens with one attached hydrogen (secondary N) is 1. The molecule has 0 aliphatic heterocycles. The van der Waals surface area contributed by atoms with Crippen molar-refractivity contribution in [1.29, 1.82) is 0 Å². The molecule has 0 rings (SSSR count). The normalized spacial score (nSPS) is 14.8. The molecule has 0 spiro atoms. The van der Waals surface area contributed by atoms with Gasteiger partial charge in [0.1, 0.15) is 12.7 Å². The van der Waals surface area contributed by atoms with Crippen LogP contribution in [0.4, 0.5) is 0 Å². The highest BCUT2D eigenvalue weighted by Gasteiger charge is 2.28. The summed E-state index contributed by atoms with van der Waals surface area (Å²) in [5.41, 5.74) is 0. The zero-order chi connectivity index (χ0) is 42.8. The number of aliphatic hydroxyl groups excluding tert-OH is 1. The maximum Gasteiger partial charge on any atom is 0.472 e. The number of aliphatic carboxylic acids is 1. The summed E-state index contributed by atoms with van der Waals surface area (Å²) < 4.78 is 26.7. The van der Waals surface area contributed by atoms with Gasteiger partial charge in [-0.2, -0.15) is 0 Å². The molecular formula is C46H72NO10P. The van der Waals surface area contributed by atoms with Crippen molar-refractivity contribution in [1.82, 2.24) is 5.32 Å². The van der Waals surface area contributed by atoms with Crippen LogP contribution in [0, 0.1) is 0 Å². The Kier molecular flexibility index (Phi) is 37.3. The van der Waals surface area contributed by atoms with E-state index in [1.807, 2.05) is 0 Å². The number of carbonyl (C=O) groups is 3. The number of allylic oxidation sites excluding steroid dienone is 18. The lowest BCUT2D eigenvalue weighted by atomic mass is 10.1. The van der Waals surface area contributed by atoms with Gasteiger partial charge in [0.05, 0.1) is 13.2 Å². The summed E-state index contributed by atoms with van der Waals surface area (Å²) >= 11 is 0. The van der Waals surface area contributed by atoms with Crippen LogP contribution in [0.5, 0.6) is 0 Å². The Labute approximate surface area is 348 Å². The smallest absolute Gasteiger partial charge is 0.472 e. The fourth-order valence-electron chi connectivity index (χ4n) is 4.86. The molecule has 0 aliphatic rings. The second-order valence-electron chi connectivity index (χ2n) is 13.4. The molecule has 4 N–H and O–H groups in total. The third-order valence-electron chi connectivity index (χ3n) is 8.06. The number of phosphoric acid groups is 1. The molecule has 0 aromatic rings. The molecule has 3 unspecified atom stereocenters. The first-order valence-electron chi connectivity index (χ1n) is 20.9. The van der Waals surface area contributed by atoms with Crippen molar-refractivity contribution in [3.8, 4) is 0 Å².